The Bertz CT molecular complexity index is 123. The quantitative estimate of drug-likeness (QED) is 0.581. The molecule has 0 heterocycles. The minimum absolute atomic E-state index is 0.785. The summed E-state index contributed by atoms with van der Waals surface area (Å²) in [5.74, 6) is 1.61. The zero-order valence-electron chi connectivity index (χ0n) is 8.22. The molecular formula is C10H20ClN. The van der Waals surface area contributed by atoms with Crippen LogP contribution >= 0.6 is 11.6 Å². The normalized spacial score (nSPS) is 20.0. The van der Waals surface area contributed by atoms with Gasteiger partial charge in [0.2, 0.25) is 0 Å². The highest BCUT2D eigenvalue weighted by Crippen LogP contribution is 2.27. The fourth-order valence-corrected chi connectivity index (χ4v) is 1.72. The molecule has 72 valence electrons. The van der Waals surface area contributed by atoms with Crippen molar-refractivity contribution in [2.24, 2.45) is 5.92 Å². The van der Waals surface area contributed by atoms with Crippen molar-refractivity contribution in [2.75, 3.05) is 19.0 Å². The summed E-state index contributed by atoms with van der Waals surface area (Å²) in [5.41, 5.74) is 0. The molecule has 0 saturated heterocycles. The summed E-state index contributed by atoms with van der Waals surface area (Å²) >= 11 is 5.75. The first-order valence-corrected chi connectivity index (χ1v) is 5.61. The van der Waals surface area contributed by atoms with E-state index in [1.54, 1.807) is 0 Å². The lowest BCUT2D eigenvalue weighted by molar-refractivity contribution is 0.238. The van der Waals surface area contributed by atoms with E-state index in [0.29, 0.717) is 0 Å². The molecule has 0 aromatic rings. The molecule has 0 aliphatic heterocycles. The Balaban J connectivity index is 2.22. The first kappa shape index (κ1) is 10.3. The summed E-state index contributed by atoms with van der Waals surface area (Å²) < 4.78 is 0. The van der Waals surface area contributed by atoms with Crippen molar-refractivity contribution in [1.29, 1.82) is 0 Å². The number of rotatable bonds is 6. The van der Waals surface area contributed by atoms with Gasteiger partial charge in [0.25, 0.3) is 0 Å². The Kier molecular flexibility index (Phi) is 4.38. The number of halogens is 1. The van der Waals surface area contributed by atoms with E-state index in [1.807, 2.05) is 0 Å². The van der Waals surface area contributed by atoms with E-state index in [9.17, 15) is 0 Å². The van der Waals surface area contributed by atoms with Gasteiger partial charge in [-0.05, 0) is 18.8 Å². The molecule has 0 aromatic heterocycles. The maximum atomic E-state index is 5.75. The molecule has 0 amide bonds. The zero-order valence-corrected chi connectivity index (χ0v) is 8.98. The highest BCUT2D eigenvalue weighted by molar-refractivity contribution is 6.18. The lowest BCUT2D eigenvalue weighted by Crippen LogP contribution is -2.32. The SMILES string of the molecule is CCC(C)CN(CCCl)C1CC1. The van der Waals surface area contributed by atoms with Crippen LogP contribution in [0.1, 0.15) is 33.1 Å². The van der Waals surface area contributed by atoms with E-state index in [4.69, 9.17) is 11.6 Å². The molecule has 2 heteroatoms. The Morgan fingerprint density at radius 1 is 1.50 bits per heavy atom. The Morgan fingerprint density at radius 3 is 2.58 bits per heavy atom. The van der Waals surface area contributed by atoms with Gasteiger partial charge in [-0.25, -0.2) is 0 Å². The van der Waals surface area contributed by atoms with Crippen molar-refractivity contribution in [2.45, 2.75) is 39.2 Å². The molecule has 1 aliphatic rings. The summed E-state index contributed by atoms with van der Waals surface area (Å²) in [6.07, 6.45) is 4.08. The van der Waals surface area contributed by atoms with Gasteiger partial charge in [-0.2, -0.15) is 0 Å². The summed E-state index contributed by atoms with van der Waals surface area (Å²) in [5, 5.41) is 0. The number of hydrogen-bond donors (Lipinski definition) is 0. The Hall–Kier alpha value is 0.250. The van der Waals surface area contributed by atoms with Crippen LogP contribution in [0.4, 0.5) is 0 Å². The van der Waals surface area contributed by atoms with Crippen molar-refractivity contribution in [3.8, 4) is 0 Å². The van der Waals surface area contributed by atoms with Crippen molar-refractivity contribution in [1.82, 2.24) is 4.90 Å². The van der Waals surface area contributed by atoms with Gasteiger partial charge in [0, 0.05) is 25.0 Å². The summed E-state index contributed by atoms with van der Waals surface area (Å²) in [6.45, 7) is 6.91. The fourth-order valence-electron chi connectivity index (χ4n) is 1.50. The summed E-state index contributed by atoms with van der Waals surface area (Å²) in [6, 6.07) is 0.873. The number of nitrogens with zero attached hydrogens (tertiary/aromatic N) is 1. The van der Waals surface area contributed by atoms with E-state index >= 15 is 0 Å². The third-order valence-corrected chi connectivity index (χ3v) is 2.85. The van der Waals surface area contributed by atoms with E-state index < -0.39 is 0 Å². The van der Waals surface area contributed by atoms with Crippen LogP contribution in [0.5, 0.6) is 0 Å². The van der Waals surface area contributed by atoms with Gasteiger partial charge in [-0.1, -0.05) is 20.3 Å². The average molecular weight is 190 g/mol. The monoisotopic (exact) mass is 189 g/mol. The third kappa shape index (κ3) is 3.32. The van der Waals surface area contributed by atoms with Crippen molar-refractivity contribution in [3.63, 3.8) is 0 Å². The molecule has 1 atom stereocenters. The zero-order chi connectivity index (χ0) is 8.97. The molecule has 1 fully saturated rings. The van der Waals surface area contributed by atoms with Crippen LogP contribution in [0.2, 0.25) is 0 Å². The standard InChI is InChI=1S/C10H20ClN/c1-3-9(2)8-12(7-6-11)10-4-5-10/h9-10H,3-8H2,1-2H3. The molecular weight excluding hydrogens is 170 g/mol. The number of hydrogen-bond acceptors (Lipinski definition) is 1. The molecule has 0 aromatic carbocycles. The number of alkyl halides is 1. The second-order valence-electron chi connectivity index (χ2n) is 3.93. The second-order valence-corrected chi connectivity index (χ2v) is 4.31. The van der Waals surface area contributed by atoms with Crippen LogP contribution in [0.3, 0.4) is 0 Å². The lowest BCUT2D eigenvalue weighted by atomic mass is 10.1. The van der Waals surface area contributed by atoms with Gasteiger partial charge in [0.15, 0.2) is 0 Å². The highest BCUT2D eigenvalue weighted by atomic mass is 35.5. The van der Waals surface area contributed by atoms with Crippen LogP contribution in [-0.4, -0.2) is 29.9 Å². The van der Waals surface area contributed by atoms with Crippen molar-refractivity contribution >= 4 is 11.6 Å². The largest absolute Gasteiger partial charge is 0.299 e. The maximum absolute atomic E-state index is 5.75. The van der Waals surface area contributed by atoms with Crippen molar-refractivity contribution in [3.05, 3.63) is 0 Å². The Morgan fingerprint density at radius 2 is 2.17 bits per heavy atom. The predicted molar refractivity (Wildman–Crippen MR) is 54.8 cm³/mol. The summed E-state index contributed by atoms with van der Waals surface area (Å²) in [7, 11) is 0. The molecule has 1 aliphatic carbocycles. The van der Waals surface area contributed by atoms with Crippen LogP contribution < -0.4 is 0 Å². The van der Waals surface area contributed by atoms with Gasteiger partial charge >= 0.3 is 0 Å². The smallest absolute Gasteiger partial charge is 0.0351 e. The topological polar surface area (TPSA) is 3.24 Å². The maximum Gasteiger partial charge on any atom is 0.0351 e. The van der Waals surface area contributed by atoms with Gasteiger partial charge < -0.3 is 0 Å². The first-order chi connectivity index (χ1) is 5.77. The van der Waals surface area contributed by atoms with Gasteiger partial charge in [0.05, 0.1) is 0 Å². The molecule has 1 unspecified atom stereocenters. The van der Waals surface area contributed by atoms with E-state index in [-0.39, 0.29) is 0 Å². The van der Waals surface area contributed by atoms with Gasteiger partial charge in [-0.3, -0.25) is 4.90 Å². The molecule has 1 saturated carbocycles. The predicted octanol–water partition coefficient (Wildman–Crippen LogP) is 2.74. The highest BCUT2D eigenvalue weighted by Gasteiger charge is 2.28. The Labute approximate surface area is 81.1 Å². The average Bonchev–Trinajstić information content (AvgIpc) is 2.86. The molecule has 0 radical (unpaired) electrons. The van der Waals surface area contributed by atoms with Gasteiger partial charge in [0.1, 0.15) is 0 Å². The summed E-state index contributed by atoms with van der Waals surface area (Å²) in [4.78, 5) is 2.56. The van der Waals surface area contributed by atoms with Crippen LogP contribution in [0, 0.1) is 5.92 Å². The van der Waals surface area contributed by atoms with E-state index in [1.165, 1.54) is 25.8 Å². The lowest BCUT2D eigenvalue weighted by Gasteiger charge is -2.23. The van der Waals surface area contributed by atoms with Crippen LogP contribution in [0.25, 0.3) is 0 Å². The van der Waals surface area contributed by atoms with Crippen LogP contribution in [-0.2, 0) is 0 Å². The van der Waals surface area contributed by atoms with Crippen molar-refractivity contribution < 1.29 is 0 Å². The third-order valence-electron chi connectivity index (χ3n) is 2.68. The molecule has 12 heavy (non-hydrogen) atoms. The molecule has 0 N–H and O–H groups in total. The van der Waals surface area contributed by atoms with Crippen LogP contribution in [0.15, 0.2) is 0 Å². The molecule has 1 rings (SSSR count). The van der Waals surface area contributed by atoms with Gasteiger partial charge in [-0.15, -0.1) is 11.6 Å². The minimum Gasteiger partial charge on any atom is -0.299 e. The molecule has 1 nitrogen and oxygen atoms in total. The molecule has 0 bridgehead atoms. The fraction of sp³-hybridized carbons (Fsp3) is 1.00. The first-order valence-electron chi connectivity index (χ1n) is 5.08. The second kappa shape index (κ2) is 5.08. The minimum atomic E-state index is 0.785. The van der Waals surface area contributed by atoms with E-state index in [2.05, 4.69) is 18.7 Å². The van der Waals surface area contributed by atoms with E-state index in [0.717, 1.165) is 24.4 Å². The molecule has 0 spiro atoms.